The van der Waals surface area contributed by atoms with E-state index in [1.807, 2.05) is 11.5 Å². The summed E-state index contributed by atoms with van der Waals surface area (Å²) in [5.74, 6) is 0.344. The molecule has 1 aliphatic heterocycles. The van der Waals surface area contributed by atoms with Crippen LogP contribution in [0.2, 0.25) is 0 Å². The molecule has 15 heavy (non-hydrogen) atoms. The van der Waals surface area contributed by atoms with E-state index in [4.69, 9.17) is 4.74 Å². The number of imidazole rings is 1. The highest BCUT2D eigenvalue weighted by Gasteiger charge is 2.17. The van der Waals surface area contributed by atoms with Crippen LogP contribution in [0.3, 0.4) is 0 Å². The van der Waals surface area contributed by atoms with Crippen molar-refractivity contribution in [1.29, 1.82) is 0 Å². The molecule has 2 heterocycles. The lowest BCUT2D eigenvalue weighted by Crippen LogP contribution is -2.17. The first-order valence-electron chi connectivity index (χ1n) is 4.98. The number of esters is 1. The first kappa shape index (κ1) is 9.89. The molecule has 0 fully saturated rings. The summed E-state index contributed by atoms with van der Waals surface area (Å²) in [6.45, 7) is 4.92. The van der Waals surface area contributed by atoms with Crippen LogP contribution < -0.4 is 0 Å². The van der Waals surface area contributed by atoms with Gasteiger partial charge in [0.2, 0.25) is 0 Å². The minimum Gasteiger partial charge on any atom is -0.461 e. The molecule has 1 atom stereocenters. The number of aromatic nitrogens is 2. The van der Waals surface area contributed by atoms with Crippen molar-refractivity contribution in [2.24, 2.45) is 4.99 Å². The number of hydrogen-bond acceptors (Lipinski definition) is 4. The Labute approximate surface area is 87.8 Å². The zero-order valence-electron chi connectivity index (χ0n) is 8.80. The van der Waals surface area contributed by atoms with Crippen LogP contribution in [0.15, 0.2) is 11.2 Å². The molecule has 0 saturated heterocycles. The monoisotopic (exact) mass is 207 g/mol. The normalized spacial score (nSPS) is 18.7. The molecule has 1 aliphatic rings. The van der Waals surface area contributed by atoms with E-state index < -0.39 is 0 Å². The van der Waals surface area contributed by atoms with Gasteiger partial charge in [0.1, 0.15) is 0 Å². The van der Waals surface area contributed by atoms with Gasteiger partial charge >= 0.3 is 5.97 Å². The number of nitrogens with zero attached hydrogens (tertiary/aromatic N) is 3. The van der Waals surface area contributed by atoms with Crippen molar-refractivity contribution >= 4 is 12.2 Å². The Kier molecular flexibility index (Phi) is 2.53. The maximum atomic E-state index is 11.4. The Morgan fingerprint density at radius 1 is 1.73 bits per heavy atom. The molecule has 0 bridgehead atoms. The molecule has 0 aromatic carbocycles. The highest BCUT2D eigenvalue weighted by Crippen LogP contribution is 2.10. The summed E-state index contributed by atoms with van der Waals surface area (Å²) in [5.41, 5.74) is 0.354. The first-order valence-corrected chi connectivity index (χ1v) is 4.98. The van der Waals surface area contributed by atoms with Gasteiger partial charge in [0, 0.05) is 12.7 Å². The summed E-state index contributed by atoms with van der Waals surface area (Å²) in [5, 5.41) is 0. The minimum absolute atomic E-state index is 0.238. The van der Waals surface area contributed by atoms with Crippen molar-refractivity contribution in [1.82, 2.24) is 9.55 Å². The van der Waals surface area contributed by atoms with Crippen LogP contribution in [0, 0.1) is 0 Å². The van der Waals surface area contributed by atoms with Gasteiger partial charge in [-0.3, -0.25) is 4.99 Å². The summed E-state index contributed by atoms with van der Waals surface area (Å²) >= 11 is 0. The lowest BCUT2D eigenvalue weighted by molar-refractivity contribution is 0.0520. The molecule has 2 rings (SSSR count). The predicted octanol–water partition coefficient (Wildman–Crippen LogP) is 0.881. The van der Waals surface area contributed by atoms with Gasteiger partial charge in [0.15, 0.2) is 11.5 Å². The standard InChI is InChI=1S/C10H13N3O2/c1-3-15-10(14)8-6-13-5-7(2)11-4-9(13)12-8/h4,6-7H,3,5H2,1-2H3. The maximum absolute atomic E-state index is 11.4. The quantitative estimate of drug-likeness (QED) is 0.676. The zero-order valence-corrected chi connectivity index (χ0v) is 8.80. The van der Waals surface area contributed by atoms with Crippen molar-refractivity contribution in [3.8, 4) is 0 Å². The molecule has 0 spiro atoms. The second-order valence-corrected chi connectivity index (χ2v) is 3.48. The Morgan fingerprint density at radius 2 is 2.53 bits per heavy atom. The van der Waals surface area contributed by atoms with E-state index in [9.17, 15) is 4.79 Å². The van der Waals surface area contributed by atoms with Crippen molar-refractivity contribution in [2.45, 2.75) is 26.4 Å². The smallest absolute Gasteiger partial charge is 0.358 e. The van der Waals surface area contributed by atoms with Gasteiger partial charge in [-0.25, -0.2) is 9.78 Å². The second-order valence-electron chi connectivity index (χ2n) is 3.48. The third kappa shape index (κ3) is 1.91. The molecule has 1 unspecified atom stereocenters. The summed E-state index contributed by atoms with van der Waals surface area (Å²) in [7, 11) is 0. The Morgan fingerprint density at radius 3 is 3.27 bits per heavy atom. The molecular weight excluding hydrogens is 194 g/mol. The van der Waals surface area contributed by atoms with Gasteiger partial charge < -0.3 is 9.30 Å². The fourth-order valence-electron chi connectivity index (χ4n) is 1.51. The number of carbonyl (C=O) groups excluding carboxylic acids is 1. The molecule has 5 heteroatoms. The van der Waals surface area contributed by atoms with Crippen molar-refractivity contribution in [2.75, 3.05) is 6.61 Å². The molecule has 0 aliphatic carbocycles. The maximum Gasteiger partial charge on any atom is 0.358 e. The molecule has 0 amide bonds. The average Bonchev–Trinajstić information content (AvgIpc) is 2.60. The molecule has 1 aromatic rings. The highest BCUT2D eigenvalue weighted by molar-refractivity contribution is 5.88. The average molecular weight is 207 g/mol. The van der Waals surface area contributed by atoms with E-state index >= 15 is 0 Å². The first-order chi connectivity index (χ1) is 7.20. The van der Waals surface area contributed by atoms with E-state index in [1.165, 1.54) is 0 Å². The van der Waals surface area contributed by atoms with Gasteiger partial charge in [-0.1, -0.05) is 0 Å². The van der Waals surface area contributed by atoms with E-state index in [2.05, 4.69) is 9.98 Å². The zero-order chi connectivity index (χ0) is 10.8. The number of fused-ring (bicyclic) bond motifs is 1. The SMILES string of the molecule is CCOC(=O)c1cn2c(n1)C=NC(C)C2. The second kappa shape index (κ2) is 3.84. The minimum atomic E-state index is -0.375. The third-order valence-corrected chi connectivity index (χ3v) is 2.20. The summed E-state index contributed by atoms with van der Waals surface area (Å²) < 4.78 is 6.79. The fraction of sp³-hybridized carbons (Fsp3) is 0.500. The van der Waals surface area contributed by atoms with Crippen LogP contribution in [0.1, 0.15) is 30.2 Å². The van der Waals surface area contributed by atoms with Crippen LogP contribution in [-0.4, -0.2) is 34.4 Å². The number of carbonyl (C=O) groups is 1. The molecule has 0 N–H and O–H groups in total. The highest BCUT2D eigenvalue weighted by atomic mass is 16.5. The molecule has 0 radical (unpaired) electrons. The van der Waals surface area contributed by atoms with Crippen LogP contribution in [0.25, 0.3) is 0 Å². The van der Waals surface area contributed by atoms with Gasteiger partial charge in [0.25, 0.3) is 0 Å². The van der Waals surface area contributed by atoms with Crippen molar-refractivity contribution in [3.63, 3.8) is 0 Å². The van der Waals surface area contributed by atoms with Gasteiger partial charge in [0.05, 0.1) is 18.9 Å². The number of ether oxygens (including phenoxy) is 1. The number of rotatable bonds is 2. The van der Waals surface area contributed by atoms with Crippen LogP contribution in [0.4, 0.5) is 0 Å². The summed E-state index contributed by atoms with van der Waals surface area (Å²) in [6.07, 6.45) is 3.41. The fourth-order valence-corrected chi connectivity index (χ4v) is 1.51. The summed E-state index contributed by atoms with van der Waals surface area (Å²) in [6, 6.07) is 0.238. The van der Waals surface area contributed by atoms with Gasteiger partial charge in [-0.05, 0) is 13.8 Å². The van der Waals surface area contributed by atoms with Crippen LogP contribution in [0.5, 0.6) is 0 Å². The molecular formula is C10H13N3O2. The number of aliphatic imine (C=N–C) groups is 1. The molecule has 1 aromatic heterocycles. The lowest BCUT2D eigenvalue weighted by atomic mass is 10.3. The Balaban J connectivity index is 2.24. The third-order valence-electron chi connectivity index (χ3n) is 2.20. The predicted molar refractivity (Wildman–Crippen MR) is 55.2 cm³/mol. The lowest BCUT2D eigenvalue weighted by Gasteiger charge is -2.12. The van der Waals surface area contributed by atoms with Gasteiger partial charge in [-0.2, -0.15) is 0 Å². The summed E-state index contributed by atoms with van der Waals surface area (Å²) in [4.78, 5) is 19.8. The van der Waals surface area contributed by atoms with E-state index in [-0.39, 0.29) is 12.0 Å². The van der Waals surface area contributed by atoms with E-state index in [0.717, 1.165) is 12.4 Å². The Hall–Kier alpha value is -1.65. The molecule has 5 nitrogen and oxygen atoms in total. The van der Waals surface area contributed by atoms with Gasteiger partial charge in [-0.15, -0.1) is 0 Å². The van der Waals surface area contributed by atoms with Crippen molar-refractivity contribution in [3.05, 3.63) is 17.7 Å². The molecule has 80 valence electrons. The molecule has 0 saturated carbocycles. The largest absolute Gasteiger partial charge is 0.461 e. The van der Waals surface area contributed by atoms with E-state index in [0.29, 0.717) is 12.3 Å². The van der Waals surface area contributed by atoms with Crippen LogP contribution in [-0.2, 0) is 11.3 Å². The number of hydrogen-bond donors (Lipinski definition) is 0. The van der Waals surface area contributed by atoms with Crippen LogP contribution >= 0.6 is 0 Å². The van der Waals surface area contributed by atoms with Crippen molar-refractivity contribution < 1.29 is 9.53 Å². The Bertz CT molecular complexity index is 409. The van der Waals surface area contributed by atoms with E-state index in [1.54, 1.807) is 19.3 Å². The topological polar surface area (TPSA) is 56.5 Å².